The average Bonchev–Trinajstić information content (AvgIpc) is 3.32. The van der Waals surface area contributed by atoms with Gasteiger partial charge in [0, 0.05) is 34.2 Å². The molecule has 0 aliphatic carbocycles. The summed E-state index contributed by atoms with van der Waals surface area (Å²) in [7, 11) is 0. The smallest absolute Gasteiger partial charge is 0.293 e. The molecule has 7 nitrogen and oxygen atoms in total. The predicted octanol–water partition coefficient (Wildman–Crippen LogP) is 3.54. The number of aromatic nitrogens is 2. The highest BCUT2D eigenvalue weighted by Crippen LogP contribution is 2.32. The van der Waals surface area contributed by atoms with Gasteiger partial charge in [0.2, 0.25) is 0 Å². The van der Waals surface area contributed by atoms with Crippen molar-refractivity contribution in [1.29, 1.82) is 0 Å². The number of amides is 2. The van der Waals surface area contributed by atoms with E-state index in [9.17, 15) is 9.59 Å². The Morgan fingerprint density at radius 1 is 1.03 bits per heavy atom. The van der Waals surface area contributed by atoms with E-state index in [1.54, 1.807) is 23.6 Å². The van der Waals surface area contributed by atoms with Gasteiger partial charge in [-0.25, -0.2) is 4.98 Å². The largest absolute Gasteiger partial charge is 0.383 e. The van der Waals surface area contributed by atoms with Crippen molar-refractivity contribution >= 4 is 45.3 Å². The van der Waals surface area contributed by atoms with E-state index < -0.39 is 11.8 Å². The van der Waals surface area contributed by atoms with Crippen LogP contribution in [0.1, 0.15) is 21.7 Å². The van der Waals surface area contributed by atoms with Gasteiger partial charge in [0.05, 0.1) is 11.3 Å². The van der Waals surface area contributed by atoms with Gasteiger partial charge in [-0.1, -0.05) is 30.7 Å². The van der Waals surface area contributed by atoms with Crippen LogP contribution in [-0.4, -0.2) is 21.8 Å². The minimum absolute atomic E-state index is 0.132. The van der Waals surface area contributed by atoms with Gasteiger partial charge in [-0.3, -0.25) is 14.6 Å². The SMILES string of the molecule is C=C(C#CC(N)=O)c1nc(N)c2ccc(-c3ccsc3)cc2c1C(N)=O.Cc1ccccn1. The summed E-state index contributed by atoms with van der Waals surface area (Å²) >= 11 is 1.57. The number of primary amides is 2. The molecular formula is C25H21N5O2S. The number of nitrogens with zero attached hydrogens (tertiary/aromatic N) is 2. The number of carbonyl (C=O) groups is 2. The number of fused-ring (bicyclic) bond motifs is 1. The topological polar surface area (TPSA) is 138 Å². The number of anilines is 1. The highest BCUT2D eigenvalue weighted by Gasteiger charge is 2.19. The molecule has 0 aliphatic heterocycles. The van der Waals surface area contributed by atoms with E-state index >= 15 is 0 Å². The van der Waals surface area contributed by atoms with E-state index in [-0.39, 0.29) is 22.6 Å². The normalized spacial score (nSPS) is 9.85. The van der Waals surface area contributed by atoms with Crippen molar-refractivity contribution in [3.8, 4) is 23.0 Å². The minimum atomic E-state index is -0.819. The lowest BCUT2D eigenvalue weighted by atomic mass is 9.96. The zero-order chi connectivity index (χ0) is 24.0. The number of benzene rings is 1. The fourth-order valence-electron chi connectivity index (χ4n) is 3.06. The first-order valence-electron chi connectivity index (χ1n) is 9.72. The molecular weight excluding hydrogens is 434 g/mol. The summed E-state index contributed by atoms with van der Waals surface area (Å²) in [6.07, 6.45) is 1.79. The molecule has 0 bridgehead atoms. The zero-order valence-electron chi connectivity index (χ0n) is 17.8. The molecule has 1 aromatic carbocycles. The fourth-order valence-corrected chi connectivity index (χ4v) is 3.72. The highest BCUT2D eigenvalue weighted by molar-refractivity contribution is 7.08. The molecule has 3 aromatic heterocycles. The van der Waals surface area contributed by atoms with Crippen LogP contribution in [0, 0.1) is 18.8 Å². The first kappa shape index (κ1) is 23.2. The third-order valence-electron chi connectivity index (χ3n) is 4.57. The summed E-state index contributed by atoms with van der Waals surface area (Å²) in [5.74, 6) is 3.35. The van der Waals surface area contributed by atoms with Gasteiger partial charge in [-0.05, 0) is 53.1 Å². The summed E-state index contributed by atoms with van der Waals surface area (Å²) in [6.45, 7) is 5.73. The van der Waals surface area contributed by atoms with Gasteiger partial charge in [-0.2, -0.15) is 11.3 Å². The number of hydrogen-bond acceptors (Lipinski definition) is 6. The summed E-state index contributed by atoms with van der Waals surface area (Å²) < 4.78 is 0. The molecule has 0 atom stereocenters. The molecule has 0 saturated carbocycles. The third kappa shape index (κ3) is 5.61. The molecule has 0 unspecified atom stereocenters. The molecule has 0 saturated heterocycles. The van der Waals surface area contributed by atoms with Crippen LogP contribution in [0.2, 0.25) is 0 Å². The Morgan fingerprint density at radius 2 is 1.82 bits per heavy atom. The fraction of sp³-hybridized carbons (Fsp3) is 0.0400. The van der Waals surface area contributed by atoms with E-state index in [4.69, 9.17) is 17.2 Å². The number of nitrogens with two attached hydrogens (primary N) is 3. The van der Waals surface area contributed by atoms with Crippen LogP contribution in [0.5, 0.6) is 0 Å². The van der Waals surface area contributed by atoms with Gasteiger partial charge in [-0.15, -0.1) is 0 Å². The van der Waals surface area contributed by atoms with Crippen molar-refractivity contribution in [1.82, 2.24) is 9.97 Å². The molecule has 0 fully saturated rings. The Bertz CT molecular complexity index is 1400. The van der Waals surface area contributed by atoms with Crippen LogP contribution in [0.3, 0.4) is 0 Å². The van der Waals surface area contributed by atoms with Crippen LogP contribution in [-0.2, 0) is 4.79 Å². The molecule has 0 spiro atoms. The van der Waals surface area contributed by atoms with Crippen molar-refractivity contribution in [2.45, 2.75) is 6.92 Å². The average molecular weight is 456 g/mol. The van der Waals surface area contributed by atoms with Crippen LogP contribution in [0.25, 0.3) is 27.5 Å². The van der Waals surface area contributed by atoms with E-state index in [0.717, 1.165) is 16.8 Å². The second-order valence-electron chi connectivity index (χ2n) is 6.92. The van der Waals surface area contributed by atoms with E-state index in [0.29, 0.717) is 10.8 Å². The van der Waals surface area contributed by atoms with E-state index in [2.05, 4.69) is 28.4 Å². The number of carbonyl (C=O) groups excluding carboxylic acids is 2. The Hall–Kier alpha value is -4.48. The van der Waals surface area contributed by atoms with E-state index in [1.165, 1.54) is 0 Å². The molecule has 8 heteroatoms. The first-order chi connectivity index (χ1) is 15.8. The molecule has 3 heterocycles. The van der Waals surface area contributed by atoms with Crippen LogP contribution in [0.4, 0.5) is 5.82 Å². The molecule has 0 aliphatic rings. The number of aryl methyl sites for hydroxylation is 1. The van der Waals surface area contributed by atoms with Crippen molar-refractivity contribution < 1.29 is 9.59 Å². The lowest BCUT2D eigenvalue weighted by molar-refractivity contribution is -0.112. The van der Waals surface area contributed by atoms with Crippen molar-refractivity contribution in [2.75, 3.05) is 5.73 Å². The number of hydrogen-bond donors (Lipinski definition) is 3. The maximum Gasteiger partial charge on any atom is 0.293 e. The lowest BCUT2D eigenvalue weighted by Crippen LogP contribution is -2.16. The van der Waals surface area contributed by atoms with Crippen molar-refractivity contribution in [3.63, 3.8) is 0 Å². The molecule has 164 valence electrons. The number of allylic oxidation sites excluding steroid dienone is 1. The van der Waals surface area contributed by atoms with Gasteiger partial charge < -0.3 is 17.2 Å². The van der Waals surface area contributed by atoms with Crippen LogP contribution < -0.4 is 17.2 Å². The number of rotatable bonds is 3. The monoisotopic (exact) mass is 455 g/mol. The third-order valence-corrected chi connectivity index (χ3v) is 5.25. The molecule has 6 N–H and O–H groups in total. The van der Waals surface area contributed by atoms with Gasteiger partial charge >= 0.3 is 0 Å². The Morgan fingerprint density at radius 3 is 2.36 bits per heavy atom. The quantitative estimate of drug-likeness (QED) is 0.406. The summed E-state index contributed by atoms with van der Waals surface area (Å²) in [5, 5.41) is 5.10. The second kappa shape index (κ2) is 10.2. The lowest BCUT2D eigenvalue weighted by Gasteiger charge is -2.12. The molecule has 0 radical (unpaired) electrons. The van der Waals surface area contributed by atoms with Crippen LogP contribution in [0.15, 0.2) is 66.0 Å². The summed E-state index contributed by atoms with van der Waals surface area (Å²) in [6, 6.07) is 13.3. The predicted molar refractivity (Wildman–Crippen MR) is 133 cm³/mol. The number of nitrogen functional groups attached to an aromatic ring is 1. The van der Waals surface area contributed by atoms with E-state index in [1.807, 2.05) is 54.1 Å². The summed E-state index contributed by atoms with van der Waals surface area (Å²) in [4.78, 5) is 31.2. The Kier molecular flexibility index (Phi) is 7.18. The Balaban J connectivity index is 0.000000374. The molecule has 2 amide bonds. The maximum atomic E-state index is 12.1. The standard InChI is InChI=1S/C19H14N4O2S.C6H7N/c1-10(2-5-15(20)24)17-16(19(22)25)14-8-11(12-6-7-26-9-12)3-4-13(14)18(21)23-17;1-6-4-2-3-5-7-6/h3-4,6-9H,1H2,(H2,20,24)(H2,21,23)(H2,22,25);2-5H,1H3. The van der Waals surface area contributed by atoms with Crippen molar-refractivity contribution in [3.05, 3.63) is 83.0 Å². The van der Waals surface area contributed by atoms with Gasteiger partial charge in [0.15, 0.2) is 0 Å². The first-order valence-corrected chi connectivity index (χ1v) is 10.7. The second-order valence-corrected chi connectivity index (χ2v) is 7.70. The zero-order valence-corrected chi connectivity index (χ0v) is 18.6. The molecule has 4 rings (SSSR count). The molecule has 4 aromatic rings. The maximum absolute atomic E-state index is 12.1. The number of pyridine rings is 2. The Labute approximate surface area is 195 Å². The molecule has 33 heavy (non-hydrogen) atoms. The number of thiophene rings is 1. The van der Waals surface area contributed by atoms with Gasteiger partial charge in [0.1, 0.15) is 5.82 Å². The summed E-state index contributed by atoms with van der Waals surface area (Å²) in [5.41, 5.74) is 20.1. The van der Waals surface area contributed by atoms with Gasteiger partial charge in [0.25, 0.3) is 11.8 Å². The highest BCUT2D eigenvalue weighted by atomic mass is 32.1. The minimum Gasteiger partial charge on any atom is -0.383 e. The van der Waals surface area contributed by atoms with Crippen LogP contribution >= 0.6 is 11.3 Å². The van der Waals surface area contributed by atoms with Crippen molar-refractivity contribution in [2.24, 2.45) is 11.5 Å².